The Bertz CT molecular complexity index is 770. The highest BCUT2D eigenvalue weighted by Crippen LogP contribution is 2.43. The fraction of sp³-hybridized carbons (Fsp3) is 0.0769. The number of nitrogens with two attached hydrogens (primary N) is 1. The standard InChI is InChI=1S/C13H8ClFN2O3S/c14-7-9(16)8(15)10(17-11(7)13(18)21)5-2-1-3-6-12(5)20-4-19-6/h1-3H,4H2,(H2,16,17)(H,18,21). The Labute approximate surface area is 129 Å². The summed E-state index contributed by atoms with van der Waals surface area (Å²) in [4.78, 5) is 3.97. The first-order valence-corrected chi connectivity index (χ1v) is 6.56. The van der Waals surface area contributed by atoms with Gasteiger partial charge in [0, 0.05) is 5.56 Å². The number of thiocarbonyl (C=S) groups is 1. The quantitative estimate of drug-likeness (QED) is 0.826. The normalized spacial score (nSPS) is 12.5. The van der Waals surface area contributed by atoms with Crippen molar-refractivity contribution in [3.8, 4) is 22.8 Å². The van der Waals surface area contributed by atoms with E-state index in [1.165, 1.54) is 0 Å². The minimum absolute atomic E-state index is 0.0301. The van der Waals surface area contributed by atoms with Gasteiger partial charge < -0.3 is 20.3 Å². The molecule has 2 aromatic rings. The topological polar surface area (TPSA) is 77.6 Å². The van der Waals surface area contributed by atoms with E-state index in [0.29, 0.717) is 17.1 Å². The van der Waals surface area contributed by atoms with E-state index in [1.54, 1.807) is 18.2 Å². The molecule has 0 aliphatic carbocycles. The molecule has 0 radical (unpaired) electrons. The molecule has 8 heteroatoms. The second-order valence-corrected chi connectivity index (χ2v) is 4.96. The van der Waals surface area contributed by atoms with Gasteiger partial charge in [0.05, 0.1) is 10.7 Å². The molecule has 0 saturated carbocycles. The van der Waals surface area contributed by atoms with Crippen molar-refractivity contribution >= 4 is 34.6 Å². The van der Waals surface area contributed by atoms with Crippen LogP contribution >= 0.6 is 23.8 Å². The van der Waals surface area contributed by atoms with Crippen LogP contribution in [0.3, 0.4) is 0 Å². The molecule has 0 saturated heterocycles. The van der Waals surface area contributed by atoms with Gasteiger partial charge in [0.2, 0.25) is 11.8 Å². The SMILES string of the molecule is Nc1c(F)c(-c2cccc3c2OCO3)nc(C(O)=S)c1Cl. The Morgan fingerprint density at radius 2 is 2.19 bits per heavy atom. The second kappa shape index (κ2) is 5.01. The molecule has 0 atom stereocenters. The third-order valence-electron chi connectivity index (χ3n) is 2.97. The lowest BCUT2D eigenvalue weighted by Crippen LogP contribution is -2.07. The molecule has 0 fully saturated rings. The average Bonchev–Trinajstić information content (AvgIpc) is 2.93. The number of nitrogens with zero attached hydrogens (tertiary/aromatic N) is 1. The van der Waals surface area contributed by atoms with E-state index < -0.39 is 10.9 Å². The van der Waals surface area contributed by atoms with Crippen molar-refractivity contribution in [2.45, 2.75) is 0 Å². The number of benzene rings is 1. The van der Waals surface area contributed by atoms with E-state index in [4.69, 9.17) is 26.8 Å². The number of nitrogen functional groups attached to an aromatic ring is 1. The average molecular weight is 327 g/mol. The molecule has 3 N–H and O–H groups in total. The largest absolute Gasteiger partial charge is 0.497 e. The van der Waals surface area contributed by atoms with Crippen molar-refractivity contribution in [1.82, 2.24) is 4.98 Å². The van der Waals surface area contributed by atoms with Crippen LogP contribution < -0.4 is 15.2 Å². The van der Waals surface area contributed by atoms with Gasteiger partial charge in [-0.3, -0.25) is 0 Å². The van der Waals surface area contributed by atoms with Crippen molar-refractivity contribution in [3.63, 3.8) is 0 Å². The van der Waals surface area contributed by atoms with E-state index in [1.807, 2.05) is 0 Å². The number of aliphatic hydroxyl groups is 1. The molecule has 1 aromatic carbocycles. The van der Waals surface area contributed by atoms with Gasteiger partial charge in [-0.05, 0) is 24.4 Å². The number of anilines is 1. The predicted octanol–water partition coefficient (Wildman–Crippen LogP) is 3.09. The Morgan fingerprint density at radius 3 is 2.90 bits per heavy atom. The van der Waals surface area contributed by atoms with Gasteiger partial charge in [-0.25, -0.2) is 9.37 Å². The summed E-state index contributed by atoms with van der Waals surface area (Å²) in [6.45, 7) is 0.0301. The Kier molecular flexibility index (Phi) is 3.30. The molecule has 0 amide bonds. The van der Waals surface area contributed by atoms with Crippen LogP contribution in [-0.2, 0) is 0 Å². The van der Waals surface area contributed by atoms with E-state index in [9.17, 15) is 9.50 Å². The summed E-state index contributed by atoms with van der Waals surface area (Å²) in [6, 6.07) is 4.93. The second-order valence-electron chi connectivity index (χ2n) is 4.20. The van der Waals surface area contributed by atoms with Crippen LogP contribution in [0.4, 0.5) is 10.1 Å². The van der Waals surface area contributed by atoms with Crippen molar-refractivity contribution in [3.05, 3.63) is 34.7 Å². The zero-order valence-corrected chi connectivity index (χ0v) is 12.0. The fourth-order valence-corrected chi connectivity index (χ4v) is 2.42. The van der Waals surface area contributed by atoms with Gasteiger partial charge in [-0.15, -0.1) is 0 Å². The molecule has 2 heterocycles. The zero-order valence-electron chi connectivity index (χ0n) is 10.4. The molecule has 108 valence electrons. The van der Waals surface area contributed by atoms with Crippen LogP contribution in [0.15, 0.2) is 18.2 Å². The van der Waals surface area contributed by atoms with E-state index >= 15 is 0 Å². The minimum atomic E-state index is -0.816. The first-order valence-electron chi connectivity index (χ1n) is 5.77. The van der Waals surface area contributed by atoms with E-state index in [-0.39, 0.29) is 28.9 Å². The maximum Gasteiger partial charge on any atom is 0.231 e. The molecule has 1 aliphatic rings. The number of ether oxygens (including phenoxy) is 2. The molecular weight excluding hydrogens is 319 g/mol. The molecule has 0 bridgehead atoms. The van der Waals surface area contributed by atoms with Crippen LogP contribution in [0.5, 0.6) is 11.5 Å². The summed E-state index contributed by atoms with van der Waals surface area (Å²) in [6.07, 6.45) is 0. The number of para-hydroxylation sites is 1. The van der Waals surface area contributed by atoms with Crippen molar-refractivity contribution in [2.75, 3.05) is 12.5 Å². The van der Waals surface area contributed by atoms with Crippen molar-refractivity contribution in [1.29, 1.82) is 0 Å². The summed E-state index contributed by atoms with van der Waals surface area (Å²) in [5.74, 6) is -0.000299. The number of halogens is 2. The summed E-state index contributed by atoms with van der Waals surface area (Å²) >= 11 is 10.5. The molecule has 1 aromatic heterocycles. The number of aliphatic hydroxyl groups excluding tert-OH is 1. The highest BCUT2D eigenvalue weighted by atomic mass is 35.5. The summed E-state index contributed by atoms with van der Waals surface area (Å²) in [5.41, 5.74) is 5.33. The molecule has 0 unspecified atom stereocenters. The molecule has 1 aliphatic heterocycles. The third-order valence-corrected chi connectivity index (χ3v) is 3.54. The van der Waals surface area contributed by atoms with Crippen molar-refractivity contribution in [2.24, 2.45) is 0 Å². The van der Waals surface area contributed by atoms with Crippen LogP contribution in [0.1, 0.15) is 5.69 Å². The van der Waals surface area contributed by atoms with Gasteiger partial charge in [0.15, 0.2) is 17.3 Å². The van der Waals surface area contributed by atoms with Crippen LogP contribution in [0.2, 0.25) is 5.02 Å². The molecular formula is C13H8ClFN2O3S. The number of hydrogen-bond donors (Lipinski definition) is 2. The Balaban J connectivity index is 2.29. The number of hydrogen-bond acceptors (Lipinski definition) is 5. The smallest absolute Gasteiger partial charge is 0.231 e. The molecule has 21 heavy (non-hydrogen) atoms. The zero-order chi connectivity index (χ0) is 15.1. The summed E-state index contributed by atoms with van der Waals surface area (Å²) < 4.78 is 24.9. The first kappa shape index (κ1) is 13.8. The lowest BCUT2D eigenvalue weighted by Gasteiger charge is -2.11. The third kappa shape index (κ3) is 2.14. The van der Waals surface area contributed by atoms with Gasteiger partial charge in [-0.2, -0.15) is 0 Å². The van der Waals surface area contributed by atoms with E-state index in [0.717, 1.165) is 0 Å². The maximum atomic E-state index is 14.4. The molecule has 0 spiro atoms. The Hall–Kier alpha value is -2.12. The summed E-state index contributed by atoms with van der Waals surface area (Å²) in [7, 11) is 0. The molecule has 3 rings (SSSR count). The van der Waals surface area contributed by atoms with E-state index in [2.05, 4.69) is 17.2 Å². The van der Waals surface area contributed by atoms with Gasteiger partial charge >= 0.3 is 0 Å². The van der Waals surface area contributed by atoms with Gasteiger partial charge in [0.1, 0.15) is 11.4 Å². The van der Waals surface area contributed by atoms with Gasteiger partial charge in [0.25, 0.3) is 0 Å². The monoisotopic (exact) mass is 326 g/mol. The number of rotatable bonds is 2. The number of aromatic nitrogens is 1. The number of fused-ring (bicyclic) bond motifs is 1. The lowest BCUT2D eigenvalue weighted by atomic mass is 10.1. The Morgan fingerprint density at radius 1 is 1.43 bits per heavy atom. The highest BCUT2D eigenvalue weighted by molar-refractivity contribution is 7.80. The summed E-state index contributed by atoms with van der Waals surface area (Å²) in [5, 5.41) is 8.64. The minimum Gasteiger partial charge on any atom is -0.497 e. The fourth-order valence-electron chi connectivity index (χ4n) is 2.00. The highest BCUT2D eigenvalue weighted by Gasteiger charge is 2.25. The van der Waals surface area contributed by atoms with Gasteiger partial charge in [-0.1, -0.05) is 17.7 Å². The van der Waals surface area contributed by atoms with Crippen LogP contribution in [0, 0.1) is 5.82 Å². The first-order chi connectivity index (χ1) is 10.0. The van der Waals surface area contributed by atoms with Crippen LogP contribution in [0.25, 0.3) is 11.3 Å². The maximum absolute atomic E-state index is 14.4. The number of pyridine rings is 1. The lowest BCUT2D eigenvalue weighted by molar-refractivity contribution is 0.174. The van der Waals surface area contributed by atoms with Crippen molar-refractivity contribution < 1.29 is 19.0 Å². The molecule has 5 nitrogen and oxygen atoms in total. The predicted molar refractivity (Wildman–Crippen MR) is 79.5 cm³/mol. The van der Waals surface area contributed by atoms with Crippen LogP contribution in [-0.4, -0.2) is 21.9 Å².